The van der Waals surface area contributed by atoms with Gasteiger partial charge in [-0.3, -0.25) is 20.4 Å². The Kier molecular flexibility index (Phi) is 8.98. The minimum atomic E-state index is -0.481. The van der Waals surface area contributed by atoms with Crippen LogP contribution in [0.4, 0.5) is 0 Å². The van der Waals surface area contributed by atoms with Crippen molar-refractivity contribution in [2.24, 2.45) is 0 Å². The third-order valence-corrected chi connectivity index (χ3v) is 5.36. The molecule has 1 atom stereocenters. The van der Waals surface area contributed by atoms with E-state index in [9.17, 15) is 9.59 Å². The molecule has 0 aliphatic rings. The van der Waals surface area contributed by atoms with E-state index in [1.54, 1.807) is 0 Å². The Hall–Kier alpha value is -2.06. The number of hydrazine groups is 1. The average Bonchev–Trinajstić information content (AvgIpc) is 2.69. The van der Waals surface area contributed by atoms with Gasteiger partial charge in [-0.25, -0.2) is 0 Å². The second-order valence-corrected chi connectivity index (χ2v) is 8.36. The molecule has 6 nitrogen and oxygen atoms in total. The molecule has 0 spiro atoms. The highest BCUT2D eigenvalue weighted by atomic mass is 79.9. The van der Waals surface area contributed by atoms with Crippen molar-refractivity contribution in [2.75, 3.05) is 13.2 Å². The Morgan fingerprint density at radius 3 is 2.14 bits per heavy atom. The molecule has 0 radical (unpaired) electrons. The summed E-state index contributed by atoms with van der Waals surface area (Å²) >= 11 is 6.78. The number of amides is 2. The molecule has 0 aromatic heterocycles. The van der Waals surface area contributed by atoms with Gasteiger partial charge in [-0.05, 0) is 70.6 Å². The van der Waals surface area contributed by atoms with Crippen LogP contribution in [0.3, 0.4) is 0 Å². The van der Waals surface area contributed by atoms with E-state index in [0.29, 0.717) is 17.4 Å². The highest BCUT2D eigenvalue weighted by Gasteiger charge is 2.11. The van der Waals surface area contributed by atoms with Gasteiger partial charge in [0.25, 0.3) is 11.8 Å². The van der Waals surface area contributed by atoms with Crippen molar-refractivity contribution in [3.05, 3.63) is 56.5 Å². The first-order valence-electron chi connectivity index (χ1n) is 9.19. The van der Waals surface area contributed by atoms with Crippen molar-refractivity contribution in [3.63, 3.8) is 0 Å². The molecule has 0 bridgehead atoms. The second-order valence-electron chi connectivity index (χ2n) is 6.59. The summed E-state index contributed by atoms with van der Waals surface area (Å²) in [6, 6.07) is 11.4. The number of benzene rings is 2. The zero-order valence-corrected chi connectivity index (χ0v) is 19.7. The van der Waals surface area contributed by atoms with Gasteiger partial charge in [-0.15, -0.1) is 0 Å². The Labute approximate surface area is 187 Å². The van der Waals surface area contributed by atoms with E-state index in [0.717, 1.165) is 20.9 Å². The largest absolute Gasteiger partial charge is 0.484 e. The molecule has 2 N–H and O–H groups in total. The quantitative estimate of drug-likeness (QED) is 0.490. The Balaban J connectivity index is 1.73. The zero-order valence-electron chi connectivity index (χ0n) is 16.6. The van der Waals surface area contributed by atoms with Crippen molar-refractivity contribution in [1.29, 1.82) is 0 Å². The van der Waals surface area contributed by atoms with Gasteiger partial charge >= 0.3 is 0 Å². The third kappa shape index (κ3) is 7.36. The van der Waals surface area contributed by atoms with Crippen molar-refractivity contribution < 1.29 is 19.1 Å². The number of ether oxygens (including phenoxy) is 2. The van der Waals surface area contributed by atoms with Gasteiger partial charge < -0.3 is 9.47 Å². The smallest absolute Gasteiger partial charge is 0.276 e. The lowest BCUT2D eigenvalue weighted by atomic mass is 9.99. The lowest BCUT2D eigenvalue weighted by Gasteiger charge is -2.13. The van der Waals surface area contributed by atoms with E-state index in [1.165, 1.54) is 5.56 Å². The predicted molar refractivity (Wildman–Crippen MR) is 119 cm³/mol. The zero-order chi connectivity index (χ0) is 21.4. The van der Waals surface area contributed by atoms with Crippen LogP contribution >= 0.6 is 31.9 Å². The molecule has 2 rings (SSSR count). The summed E-state index contributed by atoms with van der Waals surface area (Å²) in [6.07, 6.45) is 1.06. The third-order valence-electron chi connectivity index (χ3n) is 4.31. The lowest BCUT2D eigenvalue weighted by molar-refractivity contribution is -0.131. The maximum Gasteiger partial charge on any atom is 0.276 e. The molecule has 29 heavy (non-hydrogen) atoms. The van der Waals surface area contributed by atoms with Crippen LogP contribution in [0, 0.1) is 6.92 Å². The van der Waals surface area contributed by atoms with Gasteiger partial charge in [0.1, 0.15) is 11.5 Å². The molecule has 1 unspecified atom stereocenters. The van der Waals surface area contributed by atoms with Crippen LogP contribution in [0.5, 0.6) is 11.5 Å². The molecular formula is C21H24Br2N2O4. The molecule has 0 heterocycles. The monoisotopic (exact) mass is 526 g/mol. The van der Waals surface area contributed by atoms with Gasteiger partial charge in [-0.2, -0.15) is 0 Å². The minimum Gasteiger partial charge on any atom is -0.484 e. The first-order valence-corrected chi connectivity index (χ1v) is 10.8. The standard InChI is InChI=1S/C21H24Br2N2O4/c1-4-13(2)15-5-7-17(8-6-15)28-11-19(26)24-25-20(27)12-29-21-14(3)9-16(22)10-18(21)23/h5-10,13H,4,11-12H2,1-3H3,(H,24,26)(H,25,27). The van der Waals surface area contributed by atoms with Crippen LogP contribution in [0.25, 0.3) is 0 Å². The van der Waals surface area contributed by atoms with Crippen molar-refractivity contribution in [3.8, 4) is 11.5 Å². The van der Waals surface area contributed by atoms with E-state index >= 15 is 0 Å². The lowest BCUT2D eigenvalue weighted by Crippen LogP contribution is -2.45. The number of aryl methyl sites for hydroxylation is 1. The molecule has 0 saturated carbocycles. The van der Waals surface area contributed by atoms with Gasteiger partial charge in [0.05, 0.1) is 4.47 Å². The molecule has 2 aromatic rings. The first kappa shape index (κ1) is 23.2. The van der Waals surface area contributed by atoms with E-state index in [4.69, 9.17) is 9.47 Å². The van der Waals surface area contributed by atoms with Gasteiger partial charge in [0.15, 0.2) is 13.2 Å². The minimum absolute atomic E-state index is 0.207. The fraction of sp³-hybridized carbons (Fsp3) is 0.333. The van der Waals surface area contributed by atoms with Gasteiger partial charge in [-0.1, -0.05) is 41.9 Å². The van der Waals surface area contributed by atoms with Crippen molar-refractivity contribution >= 4 is 43.7 Å². The van der Waals surface area contributed by atoms with Crippen LogP contribution in [-0.4, -0.2) is 25.0 Å². The summed E-state index contributed by atoms with van der Waals surface area (Å²) in [4.78, 5) is 23.8. The Morgan fingerprint density at radius 1 is 1.00 bits per heavy atom. The fourth-order valence-electron chi connectivity index (χ4n) is 2.50. The molecule has 0 aliphatic carbocycles. The van der Waals surface area contributed by atoms with Crippen LogP contribution < -0.4 is 20.3 Å². The summed E-state index contributed by atoms with van der Waals surface area (Å²) in [5, 5.41) is 0. The first-order chi connectivity index (χ1) is 13.8. The SMILES string of the molecule is CCC(C)c1ccc(OCC(=O)NNC(=O)COc2c(C)cc(Br)cc2Br)cc1. The number of carbonyl (C=O) groups is 2. The average molecular weight is 528 g/mol. The summed E-state index contributed by atoms with van der Waals surface area (Å²) in [5.41, 5.74) is 6.70. The molecule has 2 aromatic carbocycles. The number of rotatable bonds is 8. The highest BCUT2D eigenvalue weighted by molar-refractivity contribution is 9.11. The number of hydrogen-bond acceptors (Lipinski definition) is 4. The number of hydrogen-bond donors (Lipinski definition) is 2. The summed E-state index contributed by atoms with van der Waals surface area (Å²) in [6.45, 7) is 5.72. The summed E-state index contributed by atoms with van der Waals surface area (Å²) in [5.74, 6) is 0.693. The molecule has 8 heteroatoms. The molecular weight excluding hydrogens is 504 g/mol. The van der Waals surface area contributed by atoms with Crippen LogP contribution in [0.1, 0.15) is 37.3 Å². The molecule has 0 aliphatic heterocycles. The summed E-state index contributed by atoms with van der Waals surface area (Å²) < 4.78 is 12.6. The van der Waals surface area contributed by atoms with E-state index in [2.05, 4.69) is 56.6 Å². The molecule has 2 amide bonds. The molecule has 156 valence electrons. The number of carbonyl (C=O) groups excluding carboxylic acids is 2. The number of nitrogens with one attached hydrogen (secondary N) is 2. The van der Waals surface area contributed by atoms with Gasteiger partial charge in [0, 0.05) is 4.47 Å². The summed E-state index contributed by atoms with van der Waals surface area (Å²) in [7, 11) is 0. The van der Waals surface area contributed by atoms with Crippen LogP contribution in [-0.2, 0) is 9.59 Å². The Morgan fingerprint density at radius 2 is 1.59 bits per heavy atom. The van der Waals surface area contributed by atoms with E-state index < -0.39 is 11.8 Å². The normalized spacial score (nSPS) is 11.5. The molecule has 0 saturated heterocycles. The number of halogens is 2. The van der Waals surface area contributed by atoms with Gasteiger partial charge in [0.2, 0.25) is 0 Å². The maximum absolute atomic E-state index is 11.9. The van der Waals surface area contributed by atoms with Crippen LogP contribution in [0.2, 0.25) is 0 Å². The highest BCUT2D eigenvalue weighted by Crippen LogP contribution is 2.32. The molecule has 0 fully saturated rings. The van der Waals surface area contributed by atoms with E-state index in [1.807, 2.05) is 43.3 Å². The van der Waals surface area contributed by atoms with Crippen molar-refractivity contribution in [2.45, 2.75) is 33.1 Å². The predicted octanol–water partition coefficient (Wildman–Crippen LogP) is 4.64. The Bertz CT molecular complexity index is 833. The van der Waals surface area contributed by atoms with E-state index in [-0.39, 0.29) is 13.2 Å². The van der Waals surface area contributed by atoms with Crippen molar-refractivity contribution in [1.82, 2.24) is 10.9 Å². The van der Waals surface area contributed by atoms with Crippen LogP contribution in [0.15, 0.2) is 45.3 Å². The topological polar surface area (TPSA) is 76.7 Å². The maximum atomic E-state index is 11.9. The fourth-order valence-corrected chi connectivity index (χ4v) is 4.05. The second kappa shape index (κ2) is 11.2.